The first kappa shape index (κ1) is 23.1. The molecule has 0 fully saturated rings. The van der Waals surface area contributed by atoms with E-state index in [0.717, 1.165) is 31.0 Å². The Morgan fingerprint density at radius 1 is 0.939 bits per heavy atom. The highest BCUT2D eigenvalue weighted by molar-refractivity contribution is 6.32. The summed E-state index contributed by atoms with van der Waals surface area (Å²) in [5, 5.41) is 0.649. The summed E-state index contributed by atoms with van der Waals surface area (Å²) in [7, 11) is 0. The maximum Gasteiger partial charge on any atom is 0.266 e. The average Bonchev–Trinajstić information content (AvgIpc) is 2.83. The molecule has 0 N–H and O–H groups in total. The van der Waals surface area contributed by atoms with Crippen LogP contribution < -0.4 is 5.56 Å². The van der Waals surface area contributed by atoms with Gasteiger partial charge in [0.15, 0.2) is 0 Å². The molecule has 0 amide bonds. The van der Waals surface area contributed by atoms with E-state index in [1.54, 1.807) is 18.2 Å². The molecule has 4 rings (SSSR count). The van der Waals surface area contributed by atoms with Crippen molar-refractivity contribution in [3.05, 3.63) is 99.1 Å². The molecule has 5 nitrogen and oxygen atoms in total. The van der Waals surface area contributed by atoms with Gasteiger partial charge in [-0.2, -0.15) is 0 Å². The first-order valence-corrected chi connectivity index (χ1v) is 11.5. The quantitative estimate of drug-likeness (QED) is 0.359. The first-order chi connectivity index (χ1) is 16.0. The van der Waals surface area contributed by atoms with E-state index in [0.29, 0.717) is 34.9 Å². The number of aryl methyl sites for hydroxylation is 2. The molecular formula is C26H26ClFN4O. The molecule has 0 unspecified atom stereocenters. The van der Waals surface area contributed by atoms with Gasteiger partial charge in [-0.15, -0.1) is 0 Å². The van der Waals surface area contributed by atoms with Crippen molar-refractivity contribution in [1.29, 1.82) is 0 Å². The van der Waals surface area contributed by atoms with E-state index in [4.69, 9.17) is 21.6 Å². The van der Waals surface area contributed by atoms with Gasteiger partial charge in [0.1, 0.15) is 11.6 Å². The molecule has 0 aliphatic carbocycles. The van der Waals surface area contributed by atoms with Crippen molar-refractivity contribution >= 4 is 22.5 Å². The number of benzene rings is 2. The molecule has 0 saturated heterocycles. The van der Waals surface area contributed by atoms with E-state index in [2.05, 4.69) is 18.7 Å². The Morgan fingerprint density at radius 3 is 2.45 bits per heavy atom. The molecule has 2 heterocycles. The summed E-state index contributed by atoms with van der Waals surface area (Å²) in [6.07, 6.45) is 1.09. The van der Waals surface area contributed by atoms with Crippen LogP contribution in [0.25, 0.3) is 16.6 Å². The fraction of sp³-hybridized carbons (Fsp3) is 0.269. The number of hydrogen-bond acceptors (Lipinski definition) is 4. The molecule has 2 aromatic carbocycles. The van der Waals surface area contributed by atoms with Crippen LogP contribution in [0.4, 0.5) is 4.39 Å². The van der Waals surface area contributed by atoms with Crippen molar-refractivity contribution in [1.82, 2.24) is 19.4 Å². The van der Waals surface area contributed by atoms with Crippen molar-refractivity contribution in [2.75, 3.05) is 13.1 Å². The lowest BCUT2D eigenvalue weighted by Crippen LogP contribution is -2.25. The number of nitrogens with zero attached hydrogens (tertiary/aromatic N) is 4. The molecule has 0 radical (unpaired) electrons. The van der Waals surface area contributed by atoms with Crippen LogP contribution in [0.5, 0.6) is 0 Å². The third-order valence-electron chi connectivity index (χ3n) is 5.74. The molecule has 7 heteroatoms. The summed E-state index contributed by atoms with van der Waals surface area (Å²) >= 11 is 6.42. The van der Waals surface area contributed by atoms with Gasteiger partial charge in [-0.25, -0.2) is 9.37 Å². The van der Waals surface area contributed by atoms with Gasteiger partial charge >= 0.3 is 0 Å². The van der Waals surface area contributed by atoms with Crippen LogP contribution in [-0.2, 0) is 19.4 Å². The van der Waals surface area contributed by atoms with Crippen LogP contribution in [0.2, 0.25) is 5.02 Å². The molecule has 0 aliphatic rings. The van der Waals surface area contributed by atoms with Crippen LogP contribution in [0.1, 0.15) is 31.1 Å². The van der Waals surface area contributed by atoms with Crippen molar-refractivity contribution in [3.63, 3.8) is 0 Å². The Labute approximate surface area is 197 Å². The molecule has 0 spiro atoms. The van der Waals surface area contributed by atoms with Gasteiger partial charge in [0.05, 0.1) is 27.3 Å². The maximum atomic E-state index is 13.9. The Balaban J connectivity index is 1.72. The van der Waals surface area contributed by atoms with Gasteiger partial charge in [0, 0.05) is 18.7 Å². The SMILES string of the molecule is CCN(CC)Cc1cccc(CCc2nc3ccc(F)cc3c(=O)n2-c2ccccc2Cl)n1. The van der Waals surface area contributed by atoms with Gasteiger partial charge in [0.2, 0.25) is 0 Å². The number of fused-ring (bicyclic) bond motifs is 1. The van der Waals surface area contributed by atoms with E-state index in [1.165, 1.54) is 22.8 Å². The number of para-hydroxylation sites is 1. The normalized spacial score (nSPS) is 11.4. The number of halogens is 2. The highest BCUT2D eigenvalue weighted by atomic mass is 35.5. The minimum Gasteiger partial charge on any atom is -0.298 e. The van der Waals surface area contributed by atoms with Crippen LogP contribution >= 0.6 is 11.6 Å². The van der Waals surface area contributed by atoms with Crippen molar-refractivity contribution in [3.8, 4) is 5.69 Å². The maximum absolute atomic E-state index is 13.9. The smallest absolute Gasteiger partial charge is 0.266 e. The number of hydrogen-bond donors (Lipinski definition) is 0. The molecule has 0 atom stereocenters. The molecule has 4 aromatic rings. The van der Waals surface area contributed by atoms with E-state index < -0.39 is 5.82 Å². The van der Waals surface area contributed by atoms with Crippen LogP contribution in [0.15, 0.2) is 65.5 Å². The van der Waals surface area contributed by atoms with Crippen molar-refractivity contribution in [2.45, 2.75) is 33.2 Å². The number of rotatable bonds is 8. The molecule has 2 aromatic heterocycles. The number of pyridine rings is 1. The predicted octanol–water partition coefficient (Wildman–Crippen LogP) is 5.20. The van der Waals surface area contributed by atoms with Gasteiger partial charge in [0.25, 0.3) is 5.56 Å². The summed E-state index contributed by atoms with van der Waals surface area (Å²) in [5.74, 6) is 0.0808. The molecule has 0 saturated carbocycles. The zero-order valence-corrected chi connectivity index (χ0v) is 19.5. The lowest BCUT2D eigenvalue weighted by molar-refractivity contribution is 0.292. The highest BCUT2D eigenvalue weighted by Gasteiger charge is 2.16. The Morgan fingerprint density at radius 2 is 1.70 bits per heavy atom. The van der Waals surface area contributed by atoms with E-state index in [1.807, 2.05) is 24.3 Å². The Hall–Kier alpha value is -3.09. The molecule has 0 bridgehead atoms. The minimum atomic E-state index is -0.478. The molecular weight excluding hydrogens is 439 g/mol. The van der Waals surface area contributed by atoms with Gasteiger partial charge in [-0.1, -0.05) is 43.6 Å². The third-order valence-corrected chi connectivity index (χ3v) is 6.06. The first-order valence-electron chi connectivity index (χ1n) is 11.1. The lowest BCUT2D eigenvalue weighted by Gasteiger charge is -2.18. The Bertz CT molecular complexity index is 1330. The van der Waals surface area contributed by atoms with Crippen molar-refractivity contribution < 1.29 is 4.39 Å². The second-order valence-corrected chi connectivity index (χ2v) is 8.27. The summed E-state index contributed by atoms with van der Waals surface area (Å²) in [5.41, 5.74) is 2.59. The second kappa shape index (κ2) is 10.2. The Kier molecular flexibility index (Phi) is 7.16. The van der Waals surface area contributed by atoms with Crippen LogP contribution in [0.3, 0.4) is 0 Å². The third kappa shape index (κ3) is 5.13. The summed E-state index contributed by atoms with van der Waals surface area (Å²) < 4.78 is 15.4. The van der Waals surface area contributed by atoms with Gasteiger partial charge in [-0.3, -0.25) is 19.2 Å². The van der Waals surface area contributed by atoms with Gasteiger partial charge in [-0.05, 0) is 62.0 Å². The van der Waals surface area contributed by atoms with E-state index >= 15 is 0 Å². The predicted molar refractivity (Wildman–Crippen MR) is 131 cm³/mol. The largest absolute Gasteiger partial charge is 0.298 e. The summed E-state index contributed by atoms with van der Waals surface area (Å²) in [6, 6.07) is 17.2. The fourth-order valence-electron chi connectivity index (χ4n) is 3.93. The number of aromatic nitrogens is 3. The van der Waals surface area contributed by atoms with Crippen molar-refractivity contribution in [2.24, 2.45) is 0 Å². The van der Waals surface area contributed by atoms with Crippen LogP contribution in [-0.4, -0.2) is 32.5 Å². The zero-order valence-electron chi connectivity index (χ0n) is 18.8. The molecule has 0 aliphatic heterocycles. The summed E-state index contributed by atoms with van der Waals surface area (Å²) in [4.78, 5) is 25.2. The standard InChI is InChI=1S/C26H26ClFN4O/c1-3-31(4-2)17-20-9-7-8-19(29-20)13-15-25-30-23-14-12-18(28)16-21(23)26(33)32(25)24-11-6-5-10-22(24)27/h5-12,14,16H,3-4,13,15,17H2,1-2H3. The highest BCUT2D eigenvalue weighted by Crippen LogP contribution is 2.22. The average molecular weight is 465 g/mol. The second-order valence-electron chi connectivity index (χ2n) is 7.86. The zero-order chi connectivity index (χ0) is 23.4. The lowest BCUT2D eigenvalue weighted by atomic mass is 10.1. The minimum absolute atomic E-state index is 0.220. The van der Waals surface area contributed by atoms with Gasteiger partial charge < -0.3 is 0 Å². The molecule has 33 heavy (non-hydrogen) atoms. The molecule has 170 valence electrons. The topological polar surface area (TPSA) is 51.0 Å². The summed E-state index contributed by atoms with van der Waals surface area (Å²) in [6.45, 7) is 7.00. The fourth-order valence-corrected chi connectivity index (χ4v) is 4.15. The van der Waals surface area contributed by atoms with E-state index in [-0.39, 0.29) is 10.9 Å². The van der Waals surface area contributed by atoms with Crippen LogP contribution in [0, 0.1) is 5.82 Å². The monoisotopic (exact) mass is 464 g/mol. The van der Waals surface area contributed by atoms with E-state index in [9.17, 15) is 9.18 Å².